The standard InChI is InChI=1S/C14H20F3N5O/c1-8-4-5-9(12(18)23)7-22(8)13-19-10(14(15,16)17)6-11(20-13)21(2)3/h6,8-9H,4-5,7H2,1-3H3,(H2,18,23). The molecule has 0 aliphatic carbocycles. The number of nitrogens with two attached hydrogens (primary N) is 1. The summed E-state index contributed by atoms with van der Waals surface area (Å²) in [5, 5.41) is 0. The van der Waals surface area contributed by atoms with Crippen LogP contribution in [0.15, 0.2) is 6.07 Å². The van der Waals surface area contributed by atoms with Gasteiger partial charge in [-0.2, -0.15) is 18.2 Å². The van der Waals surface area contributed by atoms with Crippen LogP contribution < -0.4 is 15.5 Å². The van der Waals surface area contributed by atoms with Crippen LogP contribution >= 0.6 is 0 Å². The number of hydrogen-bond donors (Lipinski definition) is 1. The Hall–Kier alpha value is -2.06. The normalized spacial score (nSPS) is 22.1. The highest BCUT2D eigenvalue weighted by atomic mass is 19.4. The second kappa shape index (κ2) is 6.21. The van der Waals surface area contributed by atoms with Crippen molar-refractivity contribution in [2.45, 2.75) is 32.0 Å². The highest BCUT2D eigenvalue weighted by molar-refractivity contribution is 5.77. The smallest absolute Gasteiger partial charge is 0.369 e. The molecule has 1 amide bonds. The molecule has 2 N–H and O–H groups in total. The molecule has 6 nitrogen and oxygen atoms in total. The van der Waals surface area contributed by atoms with Gasteiger partial charge in [0.25, 0.3) is 0 Å². The predicted molar refractivity (Wildman–Crippen MR) is 80.1 cm³/mol. The number of hydrogen-bond acceptors (Lipinski definition) is 5. The number of amides is 1. The van der Waals surface area contributed by atoms with Gasteiger partial charge in [0.2, 0.25) is 11.9 Å². The molecule has 23 heavy (non-hydrogen) atoms. The van der Waals surface area contributed by atoms with E-state index in [2.05, 4.69) is 9.97 Å². The van der Waals surface area contributed by atoms with Gasteiger partial charge >= 0.3 is 6.18 Å². The van der Waals surface area contributed by atoms with Gasteiger partial charge in [-0.1, -0.05) is 0 Å². The van der Waals surface area contributed by atoms with E-state index in [9.17, 15) is 18.0 Å². The molecule has 1 aromatic rings. The Balaban J connectivity index is 2.44. The molecule has 128 valence electrons. The van der Waals surface area contributed by atoms with Gasteiger partial charge in [0.15, 0.2) is 5.69 Å². The molecule has 0 saturated carbocycles. The lowest BCUT2D eigenvalue weighted by Crippen LogP contribution is -2.46. The number of anilines is 2. The van der Waals surface area contributed by atoms with Crippen LogP contribution in [0.3, 0.4) is 0 Å². The van der Waals surface area contributed by atoms with Crippen LogP contribution in [0.1, 0.15) is 25.5 Å². The van der Waals surface area contributed by atoms with Crippen LogP contribution in [-0.4, -0.2) is 42.6 Å². The van der Waals surface area contributed by atoms with E-state index in [0.29, 0.717) is 12.8 Å². The van der Waals surface area contributed by atoms with E-state index in [-0.39, 0.29) is 24.4 Å². The second-order valence-electron chi connectivity index (χ2n) is 5.98. The third-order valence-electron chi connectivity index (χ3n) is 3.99. The van der Waals surface area contributed by atoms with E-state index in [1.54, 1.807) is 19.0 Å². The monoisotopic (exact) mass is 331 g/mol. The zero-order chi connectivity index (χ0) is 17.4. The second-order valence-corrected chi connectivity index (χ2v) is 5.98. The first kappa shape index (κ1) is 17.3. The first-order valence-electron chi connectivity index (χ1n) is 7.29. The van der Waals surface area contributed by atoms with Crippen LogP contribution in [0, 0.1) is 5.92 Å². The van der Waals surface area contributed by atoms with Crippen molar-refractivity contribution in [3.05, 3.63) is 11.8 Å². The van der Waals surface area contributed by atoms with Gasteiger partial charge in [0, 0.05) is 32.7 Å². The fraction of sp³-hybridized carbons (Fsp3) is 0.643. The molecule has 0 aromatic carbocycles. The number of piperidine rings is 1. The van der Waals surface area contributed by atoms with E-state index in [4.69, 9.17) is 5.73 Å². The van der Waals surface area contributed by atoms with Gasteiger partial charge in [0.1, 0.15) is 5.82 Å². The molecule has 1 aliphatic heterocycles. The minimum Gasteiger partial charge on any atom is -0.369 e. The van der Waals surface area contributed by atoms with Crippen molar-refractivity contribution in [2.24, 2.45) is 11.7 Å². The maximum Gasteiger partial charge on any atom is 0.433 e. The van der Waals surface area contributed by atoms with Crippen LogP contribution in [-0.2, 0) is 11.0 Å². The Kier molecular flexibility index (Phi) is 4.67. The Morgan fingerprint density at radius 2 is 2.00 bits per heavy atom. The Morgan fingerprint density at radius 3 is 2.52 bits per heavy atom. The Labute approximate surface area is 132 Å². The van der Waals surface area contributed by atoms with E-state index in [1.165, 1.54) is 4.90 Å². The SMILES string of the molecule is CC1CCC(C(N)=O)CN1c1nc(N(C)C)cc(C(F)(F)F)n1. The number of carbonyl (C=O) groups is 1. The van der Waals surface area contributed by atoms with E-state index in [1.807, 2.05) is 6.92 Å². The highest BCUT2D eigenvalue weighted by Crippen LogP contribution is 2.33. The third kappa shape index (κ3) is 3.83. The summed E-state index contributed by atoms with van der Waals surface area (Å²) in [5.74, 6) is -0.730. The number of carbonyl (C=O) groups excluding carboxylic acids is 1. The average Bonchev–Trinajstić information content (AvgIpc) is 2.46. The first-order chi connectivity index (χ1) is 10.6. The molecular weight excluding hydrogens is 311 g/mol. The highest BCUT2D eigenvalue weighted by Gasteiger charge is 2.36. The minimum absolute atomic E-state index is 0.0259. The molecule has 1 saturated heterocycles. The Bertz CT molecular complexity index is 590. The summed E-state index contributed by atoms with van der Waals surface area (Å²) in [7, 11) is 3.22. The van der Waals surface area contributed by atoms with Crippen molar-refractivity contribution < 1.29 is 18.0 Å². The molecule has 2 rings (SSSR count). The van der Waals surface area contributed by atoms with E-state index in [0.717, 1.165) is 6.07 Å². The molecule has 2 unspecified atom stereocenters. The molecule has 9 heteroatoms. The molecule has 2 heterocycles. The fourth-order valence-corrected chi connectivity index (χ4v) is 2.54. The van der Waals surface area contributed by atoms with Gasteiger partial charge in [-0.25, -0.2) is 4.98 Å². The van der Waals surface area contributed by atoms with Gasteiger partial charge in [-0.15, -0.1) is 0 Å². The third-order valence-corrected chi connectivity index (χ3v) is 3.99. The maximum atomic E-state index is 13.1. The summed E-state index contributed by atoms with van der Waals surface area (Å²) in [5.41, 5.74) is 4.34. The van der Waals surface area contributed by atoms with Crippen molar-refractivity contribution >= 4 is 17.7 Å². The fourth-order valence-electron chi connectivity index (χ4n) is 2.54. The van der Waals surface area contributed by atoms with Crippen LogP contribution in [0.25, 0.3) is 0 Å². The predicted octanol–water partition coefficient (Wildman–Crippen LogP) is 1.65. The van der Waals surface area contributed by atoms with Gasteiger partial charge in [-0.3, -0.25) is 4.79 Å². The minimum atomic E-state index is -4.56. The number of alkyl halides is 3. The summed E-state index contributed by atoms with van der Waals surface area (Å²) in [6, 6.07) is 0.841. The van der Waals surface area contributed by atoms with Crippen molar-refractivity contribution in [1.29, 1.82) is 0 Å². The average molecular weight is 331 g/mol. The molecular formula is C14H20F3N5O. The van der Waals surface area contributed by atoms with Gasteiger partial charge in [-0.05, 0) is 19.8 Å². The van der Waals surface area contributed by atoms with Crippen molar-refractivity contribution in [2.75, 3.05) is 30.4 Å². The topological polar surface area (TPSA) is 75.4 Å². The van der Waals surface area contributed by atoms with Crippen molar-refractivity contribution in [1.82, 2.24) is 9.97 Å². The molecule has 1 aromatic heterocycles. The summed E-state index contributed by atoms with van der Waals surface area (Å²) in [6.07, 6.45) is -3.30. The summed E-state index contributed by atoms with van der Waals surface area (Å²) < 4.78 is 39.2. The first-order valence-corrected chi connectivity index (χ1v) is 7.29. The van der Waals surface area contributed by atoms with Crippen LogP contribution in [0.5, 0.6) is 0 Å². The van der Waals surface area contributed by atoms with Crippen LogP contribution in [0.2, 0.25) is 0 Å². The van der Waals surface area contributed by atoms with Crippen molar-refractivity contribution in [3.8, 4) is 0 Å². The van der Waals surface area contributed by atoms with Gasteiger partial charge < -0.3 is 15.5 Å². The maximum absolute atomic E-state index is 13.1. The van der Waals surface area contributed by atoms with Gasteiger partial charge in [0.05, 0.1) is 5.92 Å². The number of aromatic nitrogens is 2. The zero-order valence-electron chi connectivity index (χ0n) is 13.3. The molecule has 1 fully saturated rings. The summed E-state index contributed by atoms with van der Waals surface area (Å²) >= 11 is 0. The van der Waals surface area contributed by atoms with E-state index >= 15 is 0 Å². The lowest BCUT2D eigenvalue weighted by molar-refractivity contribution is -0.141. The zero-order valence-corrected chi connectivity index (χ0v) is 13.3. The molecule has 1 aliphatic rings. The lowest BCUT2D eigenvalue weighted by Gasteiger charge is -2.37. The molecule has 2 atom stereocenters. The van der Waals surface area contributed by atoms with Crippen LogP contribution in [0.4, 0.5) is 24.9 Å². The number of nitrogens with zero attached hydrogens (tertiary/aromatic N) is 4. The van der Waals surface area contributed by atoms with E-state index < -0.39 is 23.7 Å². The number of halogens is 3. The number of rotatable bonds is 3. The quantitative estimate of drug-likeness (QED) is 0.911. The molecule has 0 spiro atoms. The largest absolute Gasteiger partial charge is 0.433 e. The number of primary amides is 1. The summed E-state index contributed by atoms with van der Waals surface area (Å²) in [6.45, 7) is 2.10. The lowest BCUT2D eigenvalue weighted by atomic mass is 9.93. The molecule has 0 bridgehead atoms. The molecule has 0 radical (unpaired) electrons. The van der Waals surface area contributed by atoms with Crippen molar-refractivity contribution in [3.63, 3.8) is 0 Å². The Morgan fingerprint density at radius 1 is 1.35 bits per heavy atom. The summed E-state index contributed by atoms with van der Waals surface area (Å²) in [4.78, 5) is 22.4.